The van der Waals surface area contributed by atoms with Crippen molar-refractivity contribution in [3.8, 4) is 0 Å². The molecule has 0 amide bonds. The average molecular weight is 355 g/mol. The van der Waals surface area contributed by atoms with Gasteiger partial charge in [-0.15, -0.1) is 5.10 Å². The van der Waals surface area contributed by atoms with E-state index in [1.54, 1.807) is 6.20 Å². The lowest BCUT2D eigenvalue weighted by atomic mass is 10.0. The van der Waals surface area contributed by atoms with Gasteiger partial charge in [0.05, 0.1) is 6.20 Å². The van der Waals surface area contributed by atoms with E-state index >= 15 is 0 Å². The predicted molar refractivity (Wildman–Crippen MR) is 108 cm³/mol. The number of rotatable bonds is 6. The Morgan fingerprint density at radius 1 is 1.27 bits per heavy atom. The number of aromatic nitrogens is 3. The summed E-state index contributed by atoms with van der Waals surface area (Å²) in [7, 11) is 0. The van der Waals surface area contributed by atoms with Crippen molar-refractivity contribution in [2.45, 2.75) is 40.5 Å². The topological polar surface area (TPSA) is 57.2 Å². The number of anilines is 4. The molecular weight excluding hydrogens is 324 g/mol. The monoisotopic (exact) mass is 354 g/mol. The highest BCUT2D eigenvalue weighted by molar-refractivity contribution is 5.65. The minimum absolute atomic E-state index is 0.679. The van der Waals surface area contributed by atoms with Gasteiger partial charge in [-0.2, -0.15) is 10.1 Å². The third kappa shape index (κ3) is 4.23. The quantitative estimate of drug-likeness (QED) is 0.846. The number of aryl methyl sites for hydroxylation is 1. The lowest BCUT2D eigenvalue weighted by Crippen LogP contribution is -2.35. The number of nitrogens with zero attached hydrogens (tertiary/aromatic N) is 5. The molecule has 2 aromatic rings. The Morgan fingerprint density at radius 3 is 2.77 bits per heavy atom. The van der Waals surface area contributed by atoms with Gasteiger partial charge in [0.1, 0.15) is 0 Å². The summed E-state index contributed by atoms with van der Waals surface area (Å²) in [6.07, 6.45) is 4.16. The van der Waals surface area contributed by atoms with E-state index in [1.807, 2.05) is 0 Å². The van der Waals surface area contributed by atoms with E-state index in [0.717, 1.165) is 43.6 Å². The van der Waals surface area contributed by atoms with Gasteiger partial charge in [0.15, 0.2) is 5.82 Å². The molecule has 1 aromatic heterocycles. The van der Waals surface area contributed by atoms with Crippen LogP contribution in [0.25, 0.3) is 0 Å². The van der Waals surface area contributed by atoms with Crippen LogP contribution < -0.4 is 15.1 Å². The smallest absolute Gasteiger partial charge is 0.247 e. The first-order valence-corrected chi connectivity index (χ1v) is 9.68. The van der Waals surface area contributed by atoms with Crippen molar-refractivity contribution in [1.82, 2.24) is 15.2 Å². The first-order valence-electron chi connectivity index (χ1n) is 9.68. The summed E-state index contributed by atoms with van der Waals surface area (Å²) in [6, 6.07) is 6.50. The van der Waals surface area contributed by atoms with Crippen molar-refractivity contribution in [1.29, 1.82) is 0 Å². The van der Waals surface area contributed by atoms with Crippen molar-refractivity contribution < 1.29 is 0 Å². The minimum Gasteiger partial charge on any atom is -0.372 e. The molecule has 1 aliphatic heterocycles. The molecule has 3 rings (SSSR count). The number of nitrogens with one attached hydrogen (secondary N) is 1. The van der Waals surface area contributed by atoms with E-state index in [-0.39, 0.29) is 0 Å². The van der Waals surface area contributed by atoms with E-state index in [9.17, 15) is 0 Å². The van der Waals surface area contributed by atoms with Gasteiger partial charge in [0, 0.05) is 37.6 Å². The summed E-state index contributed by atoms with van der Waals surface area (Å²) in [6.45, 7) is 12.8. The van der Waals surface area contributed by atoms with Crippen LogP contribution in [0.15, 0.2) is 24.4 Å². The van der Waals surface area contributed by atoms with Crippen LogP contribution in [0.2, 0.25) is 0 Å². The Kier molecular flexibility index (Phi) is 5.91. The first-order chi connectivity index (χ1) is 12.6. The van der Waals surface area contributed by atoms with Gasteiger partial charge in [0.25, 0.3) is 0 Å². The molecule has 1 atom stereocenters. The molecular formula is C20H30N6. The van der Waals surface area contributed by atoms with Crippen LogP contribution in [-0.4, -0.2) is 41.4 Å². The molecule has 26 heavy (non-hydrogen) atoms. The molecule has 1 N–H and O–H groups in total. The number of piperidine rings is 1. The number of hydrogen-bond donors (Lipinski definition) is 1. The van der Waals surface area contributed by atoms with Crippen molar-refractivity contribution in [3.05, 3.63) is 30.0 Å². The van der Waals surface area contributed by atoms with Gasteiger partial charge in [-0.1, -0.05) is 6.92 Å². The third-order valence-electron chi connectivity index (χ3n) is 5.09. The Hall–Kier alpha value is -2.37. The Balaban J connectivity index is 1.76. The van der Waals surface area contributed by atoms with E-state index in [0.29, 0.717) is 5.92 Å². The second-order valence-corrected chi connectivity index (χ2v) is 7.13. The zero-order valence-electron chi connectivity index (χ0n) is 16.4. The maximum absolute atomic E-state index is 4.69. The molecule has 0 aliphatic carbocycles. The van der Waals surface area contributed by atoms with E-state index in [1.165, 1.54) is 24.1 Å². The van der Waals surface area contributed by atoms with Gasteiger partial charge < -0.3 is 15.1 Å². The highest BCUT2D eigenvalue weighted by Crippen LogP contribution is 2.26. The highest BCUT2D eigenvalue weighted by atomic mass is 15.3. The SMILES string of the molecule is CCN(CC)c1ccc(Nc2cnnc(N3CCCC(C)C3)n2)c(C)c1. The normalized spacial score (nSPS) is 17.2. The maximum Gasteiger partial charge on any atom is 0.247 e. The zero-order chi connectivity index (χ0) is 18.5. The number of benzene rings is 1. The molecule has 1 aromatic carbocycles. The summed E-state index contributed by atoms with van der Waals surface area (Å²) < 4.78 is 0. The predicted octanol–water partition coefficient (Wildman–Crippen LogP) is 4.01. The lowest BCUT2D eigenvalue weighted by molar-refractivity contribution is 0.441. The van der Waals surface area contributed by atoms with Gasteiger partial charge in [-0.3, -0.25) is 0 Å². The van der Waals surface area contributed by atoms with Crippen LogP contribution in [0.3, 0.4) is 0 Å². The van der Waals surface area contributed by atoms with Gasteiger partial charge in [-0.25, -0.2) is 0 Å². The van der Waals surface area contributed by atoms with E-state index < -0.39 is 0 Å². The van der Waals surface area contributed by atoms with Gasteiger partial charge in [-0.05, 0) is 63.3 Å². The molecule has 0 bridgehead atoms. The molecule has 1 saturated heterocycles. The molecule has 2 heterocycles. The summed E-state index contributed by atoms with van der Waals surface area (Å²) in [4.78, 5) is 9.27. The second kappa shape index (κ2) is 8.34. The van der Waals surface area contributed by atoms with Crippen molar-refractivity contribution in [2.75, 3.05) is 41.3 Å². The summed E-state index contributed by atoms with van der Waals surface area (Å²) in [5.41, 5.74) is 3.50. The zero-order valence-corrected chi connectivity index (χ0v) is 16.4. The lowest BCUT2D eigenvalue weighted by Gasteiger charge is -2.30. The van der Waals surface area contributed by atoms with Gasteiger partial charge >= 0.3 is 0 Å². The van der Waals surface area contributed by atoms with Crippen molar-refractivity contribution in [3.63, 3.8) is 0 Å². The molecule has 1 unspecified atom stereocenters. The molecule has 1 fully saturated rings. The summed E-state index contributed by atoms with van der Waals surface area (Å²) in [5, 5.41) is 11.8. The third-order valence-corrected chi connectivity index (χ3v) is 5.09. The molecule has 0 saturated carbocycles. The minimum atomic E-state index is 0.679. The van der Waals surface area contributed by atoms with Crippen LogP contribution in [0.4, 0.5) is 23.1 Å². The summed E-state index contributed by atoms with van der Waals surface area (Å²) >= 11 is 0. The van der Waals surface area contributed by atoms with Gasteiger partial charge in [0.2, 0.25) is 5.95 Å². The van der Waals surface area contributed by atoms with E-state index in [2.05, 4.69) is 76.2 Å². The first kappa shape index (κ1) is 18.4. The Labute approximate surface area is 156 Å². The van der Waals surface area contributed by atoms with E-state index in [4.69, 9.17) is 0 Å². The maximum atomic E-state index is 4.69. The van der Waals surface area contributed by atoms with Crippen LogP contribution in [-0.2, 0) is 0 Å². The highest BCUT2D eigenvalue weighted by Gasteiger charge is 2.19. The van der Waals surface area contributed by atoms with Crippen LogP contribution in [0.5, 0.6) is 0 Å². The van der Waals surface area contributed by atoms with Crippen molar-refractivity contribution >= 4 is 23.1 Å². The molecule has 0 spiro atoms. The standard InChI is InChI=1S/C20H30N6/c1-5-25(6-2)17-9-10-18(16(4)12-17)22-19-13-21-24-20(23-19)26-11-7-8-15(3)14-26/h9-10,12-13,15H,5-8,11,14H2,1-4H3,(H,22,23,24). The fraction of sp³-hybridized carbons (Fsp3) is 0.550. The Morgan fingerprint density at radius 2 is 2.08 bits per heavy atom. The Bertz CT molecular complexity index is 728. The molecule has 6 nitrogen and oxygen atoms in total. The van der Waals surface area contributed by atoms with Crippen LogP contribution in [0, 0.1) is 12.8 Å². The van der Waals surface area contributed by atoms with Crippen LogP contribution in [0.1, 0.15) is 39.2 Å². The molecule has 6 heteroatoms. The van der Waals surface area contributed by atoms with Crippen molar-refractivity contribution in [2.24, 2.45) is 5.92 Å². The molecule has 0 radical (unpaired) electrons. The molecule has 1 aliphatic rings. The fourth-order valence-electron chi connectivity index (χ4n) is 3.57. The fourth-order valence-corrected chi connectivity index (χ4v) is 3.57. The average Bonchev–Trinajstić information content (AvgIpc) is 2.65. The summed E-state index contributed by atoms with van der Waals surface area (Å²) in [5.74, 6) is 2.14. The largest absolute Gasteiger partial charge is 0.372 e. The van der Waals surface area contributed by atoms with Crippen LogP contribution >= 0.6 is 0 Å². The number of hydrogen-bond acceptors (Lipinski definition) is 6. The second-order valence-electron chi connectivity index (χ2n) is 7.13. The molecule has 140 valence electrons.